The predicted molar refractivity (Wildman–Crippen MR) is 85.3 cm³/mol. The molecule has 1 saturated carbocycles. The van der Waals surface area contributed by atoms with Gasteiger partial charge in [-0.25, -0.2) is 0 Å². The summed E-state index contributed by atoms with van der Waals surface area (Å²) in [4.78, 5) is 12.4. The summed E-state index contributed by atoms with van der Waals surface area (Å²) in [6.45, 7) is 2.19. The van der Waals surface area contributed by atoms with E-state index in [0.29, 0.717) is 11.3 Å². The van der Waals surface area contributed by atoms with Crippen molar-refractivity contribution in [3.05, 3.63) is 29.8 Å². The van der Waals surface area contributed by atoms with Gasteiger partial charge >= 0.3 is 0 Å². The summed E-state index contributed by atoms with van der Waals surface area (Å²) in [5, 5.41) is 7.21. The van der Waals surface area contributed by atoms with E-state index in [1.165, 1.54) is 18.4 Å². The minimum Gasteiger partial charge on any atom is -0.373 e. The molecular weight excluding hydrogens is 268 g/mol. The molecule has 3 nitrogen and oxygen atoms in total. The number of anilines is 1. The van der Waals surface area contributed by atoms with Crippen molar-refractivity contribution in [1.29, 1.82) is 0 Å². The highest BCUT2D eigenvalue weighted by atomic mass is 32.2. The van der Waals surface area contributed by atoms with Gasteiger partial charge in [0.05, 0.1) is 0 Å². The molecule has 1 aromatic rings. The Balaban J connectivity index is 1.58. The molecule has 0 saturated heterocycles. The maximum absolute atomic E-state index is 12.4. The standard InChI is InChI=1S/C16H22N2OS/c1-2-20-15-9-5-8-13(15)18-16(19)14-10-11-6-3-4-7-12(11)17-14/h3-4,6-7,13-15,17H,2,5,8-10H2,1H3,(H,18,19)/t13?,14-,15?/m0/s1. The third-order valence-electron chi connectivity index (χ3n) is 4.25. The van der Waals surface area contributed by atoms with Gasteiger partial charge in [0.1, 0.15) is 6.04 Å². The minimum atomic E-state index is -0.0970. The van der Waals surface area contributed by atoms with Crippen LogP contribution in [0.25, 0.3) is 0 Å². The van der Waals surface area contributed by atoms with Crippen LogP contribution < -0.4 is 10.6 Å². The lowest BCUT2D eigenvalue weighted by Crippen LogP contribution is -2.46. The monoisotopic (exact) mass is 290 g/mol. The van der Waals surface area contributed by atoms with Crippen molar-refractivity contribution >= 4 is 23.4 Å². The Morgan fingerprint density at radius 3 is 3.05 bits per heavy atom. The molecule has 4 heteroatoms. The first-order chi connectivity index (χ1) is 9.78. The zero-order valence-corrected chi connectivity index (χ0v) is 12.7. The fourth-order valence-electron chi connectivity index (χ4n) is 3.24. The number of carbonyl (C=O) groups excluding carboxylic acids is 1. The zero-order valence-electron chi connectivity index (χ0n) is 11.9. The summed E-state index contributed by atoms with van der Waals surface area (Å²) < 4.78 is 0. The van der Waals surface area contributed by atoms with E-state index >= 15 is 0 Å². The highest BCUT2D eigenvalue weighted by Crippen LogP contribution is 2.30. The Bertz CT molecular complexity index is 466. The number of nitrogens with one attached hydrogen (secondary N) is 2. The van der Waals surface area contributed by atoms with Gasteiger partial charge in [0, 0.05) is 23.4 Å². The van der Waals surface area contributed by atoms with Crippen molar-refractivity contribution in [2.45, 2.75) is 49.9 Å². The molecule has 1 aliphatic heterocycles. The van der Waals surface area contributed by atoms with Gasteiger partial charge in [-0.1, -0.05) is 31.5 Å². The van der Waals surface area contributed by atoms with Gasteiger partial charge in [-0.05, 0) is 30.2 Å². The predicted octanol–water partition coefficient (Wildman–Crippen LogP) is 2.81. The molecule has 0 radical (unpaired) electrons. The van der Waals surface area contributed by atoms with E-state index in [2.05, 4.69) is 23.6 Å². The molecule has 1 aliphatic carbocycles. The van der Waals surface area contributed by atoms with Gasteiger partial charge in [-0.3, -0.25) is 4.79 Å². The van der Waals surface area contributed by atoms with Crippen LogP contribution in [0.4, 0.5) is 5.69 Å². The SMILES string of the molecule is CCSC1CCCC1NC(=O)[C@@H]1Cc2ccccc2N1. The quantitative estimate of drug-likeness (QED) is 0.896. The molecular formula is C16H22N2OS. The Kier molecular flexibility index (Phi) is 4.20. The van der Waals surface area contributed by atoms with Crippen molar-refractivity contribution in [2.24, 2.45) is 0 Å². The van der Waals surface area contributed by atoms with Crippen molar-refractivity contribution in [3.63, 3.8) is 0 Å². The molecule has 1 fully saturated rings. The fraction of sp³-hybridized carbons (Fsp3) is 0.562. The van der Waals surface area contributed by atoms with Gasteiger partial charge in [0.2, 0.25) is 5.91 Å². The maximum Gasteiger partial charge on any atom is 0.243 e. The van der Waals surface area contributed by atoms with E-state index < -0.39 is 0 Å². The number of benzene rings is 1. The summed E-state index contributed by atoms with van der Waals surface area (Å²) in [5.41, 5.74) is 2.36. The van der Waals surface area contributed by atoms with Crippen LogP contribution in [-0.2, 0) is 11.2 Å². The molecule has 0 bridgehead atoms. The number of fused-ring (bicyclic) bond motifs is 1. The first-order valence-electron chi connectivity index (χ1n) is 7.54. The Hall–Kier alpha value is -1.16. The van der Waals surface area contributed by atoms with Crippen LogP contribution in [0.5, 0.6) is 0 Å². The minimum absolute atomic E-state index is 0.0970. The van der Waals surface area contributed by atoms with Crippen LogP contribution in [0.1, 0.15) is 31.7 Å². The molecule has 108 valence electrons. The molecule has 20 heavy (non-hydrogen) atoms. The second-order valence-corrected chi connectivity index (χ2v) is 7.11. The second-order valence-electron chi connectivity index (χ2n) is 5.60. The number of hydrogen-bond acceptors (Lipinski definition) is 3. The number of hydrogen-bond donors (Lipinski definition) is 2. The van der Waals surface area contributed by atoms with E-state index in [0.717, 1.165) is 24.3 Å². The van der Waals surface area contributed by atoms with Crippen LogP contribution in [0, 0.1) is 0 Å². The Labute approximate surface area is 124 Å². The average Bonchev–Trinajstić information content (AvgIpc) is 3.06. The van der Waals surface area contributed by atoms with Gasteiger partial charge in [-0.15, -0.1) is 0 Å². The summed E-state index contributed by atoms with van der Waals surface area (Å²) in [5.74, 6) is 1.29. The smallest absolute Gasteiger partial charge is 0.243 e. The highest BCUT2D eigenvalue weighted by Gasteiger charge is 2.32. The van der Waals surface area contributed by atoms with E-state index in [9.17, 15) is 4.79 Å². The first kappa shape index (κ1) is 13.8. The van der Waals surface area contributed by atoms with Crippen LogP contribution in [0.15, 0.2) is 24.3 Å². The third-order valence-corrected chi connectivity index (χ3v) is 5.57. The van der Waals surface area contributed by atoms with Gasteiger partial charge in [-0.2, -0.15) is 11.8 Å². The number of amides is 1. The lowest BCUT2D eigenvalue weighted by atomic mass is 10.1. The van der Waals surface area contributed by atoms with E-state index in [4.69, 9.17) is 0 Å². The highest BCUT2D eigenvalue weighted by molar-refractivity contribution is 7.99. The summed E-state index contributed by atoms with van der Waals surface area (Å²) >= 11 is 1.98. The Morgan fingerprint density at radius 2 is 2.25 bits per heavy atom. The van der Waals surface area contributed by atoms with Crippen LogP contribution in [0.3, 0.4) is 0 Å². The molecule has 3 atom stereocenters. The largest absolute Gasteiger partial charge is 0.373 e. The molecule has 2 unspecified atom stereocenters. The lowest BCUT2D eigenvalue weighted by molar-refractivity contribution is -0.122. The van der Waals surface area contributed by atoms with Crippen molar-refractivity contribution in [3.8, 4) is 0 Å². The summed E-state index contributed by atoms with van der Waals surface area (Å²) in [6.07, 6.45) is 4.41. The molecule has 1 heterocycles. The first-order valence-corrected chi connectivity index (χ1v) is 8.59. The number of thioether (sulfide) groups is 1. The number of para-hydroxylation sites is 1. The molecule has 0 spiro atoms. The molecule has 0 aromatic heterocycles. The van der Waals surface area contributed by atoms with E-state index in [1.807, 2.05) is 30.0 Å². The third kappa shape index (κ3) is 2.80. The fourth-order valence-corrected chi connectivity index (χ4v) is 4.44. The second kappa shape index (κ2) is 6.08. The summed E-state index contributed by atoms with van der Waals surface area (Å²) in [6, 6.07) is 8.45. The maximum atomic E-state index is 12.4. The summed E-state index contributed by atoms with van der Waals surface area (Å²) in [7, 11) is 0. The normalized spacial score (nSPS) is 27.9. The van der Waals surface area contributed by atoms with E-state index in [-0.39, 0.29) is 11.9 Å². The number of rotatable bonds is 4. The molecule has 3 rings (SSSR count). The van der Waals surface area contributed by atoms with Gasteiger partial charge in [0.15, 0.2) is 0 Å². The van der Waals surface area contributed by atoms with Gasteiger partial charge < -0.3 is 10.6 Å². The zero-order chi connectivity index (χ0) is 13.9. The van der Waals surface area contributed by atoms with Crippen molar-refractivity contribution in [1.82, 2.24) is 5.32 Å². The lowest BCUT2D eigenvalue weighted by Gasteiger charge is -2.22. The average molecular weight is 290 g/mol. The number of carbonyl (C=O) groups is 1. The van der Waals surface area contributed by atoms with E-state index in [1.54, 1.807) is 0 Å². The van der Waals surface area contributed by atoms with Crippen molar-refractivity contribution < 1.29 is 4.79 Å². The van der Waals surface area contributed by atoms with Crippen LogP contribution in [-0.4, -0.2) is 29.0 Å². The molecule has 2 N–H and O–H groups in total. The van der Waals surface area contributed by atoms with Gasteiger partial charge in [0.25, 0.3) is 0 Å². The van der Waals surface area contributed by atoms with Crippen LogP contribution >= 0.6 is 11.8 Å². The molecule has 1 aromatic carbocycles. The topological polar surface area (TPSA) is 41.1 Å². The van der Waals surface area contributed by atoms with Crippen molar-refractivity contribution in [2.75, 3.05) is 11.1 Å². The van der Waals surface area contributed by atoms with Crippen LogP contribution in [0.2, 0.25) is 0 Å². The molecule has 2 aliphatic rings. The Morgan fingerprint density at radius 1 is 1.40 bits per heavy atom. The molecule has 1 amide bonds.